The summed E-state index contributed by atoms with van der Waals surface area (Å²) in [7, 11) is 0. The number of nitrogens with two attached hydrogens (primary N) is 1. The number of carboxylic acid groups (broad SMARTS) is 1. The van der Waals surface area contributed by atoms with Gasteiger partial charge >= 0.3 is 12.0 Å². The molecule has 17 heavy (non-hydrogen) atoms. The van der Waals surface area contributed by atoms with Crippen LogP contribution in [0.5, 0.6) is 0 Å². The molecular weight excluding hydrogens is 226 g/mol. The molecule has 4 N–H and O–H groups in total. The molecule has 0 aliphatic heterocycles. The highest BCUT2D eigenvalue weighted by molar-refractivity contribution is 5.85. The van der Waals surface area contributed by atoms with Crippen LogP contribution in [-0.4, -0.2) is 46.5 Å². The lowest BCUT2D eigenvalue weighted by molar-refractivity contribution is -0.137. The van der Waals surface area contributed by atoms with Gasteiger partial charge in [-0.15, -0.1) is 0 Å². The molecule has 7 heteroatoms. The van der Waals surface area contributed by atoms with E-state index in [4.69, 9.17) is 10.8 Å². The Morgan fingerprint density at radius 3 is 2.47 bits per heavy atom. The van der Waals surface area contributed by atoms with E-state index in [0.717, 1.165) is 12.8 Å². The van der Waals surface area contributed by atoms with Crippen molar-refractivity contribution in [3.8, 4) is 0 Å². The molecule has 1 rings (SSSR count). The van der Waals surface area contributed by atoms with Crippen molar-refractivity contribution < 1.29 is 19.5 Å². The van der Waals surface area contributed by atoms with Gasteiger partial charge in [-0.1, -0.05) is 0 Å². The molecule has 0 saturated heterocycles. The van der Waals surface area contributed by atoms with Crippen LogP contribution in [0.2, 0.25) is 0 Å². The molecule has 1 aliphatic carbocycles. The molecule has 7 nitrogen and oxygen atoms in total. The first kappa shape index (κ1) is 13.3. The van der Waals surface area contributed by atoms with Gasteiger partial charge in [-0.25, -0.2) is 4.79 Å². The number of amides is 3. The number of rotatable bonds is 6. The topological polar surface area (TPSA) is 113 Å². The highest BCUT2D eigenvalue weighted by Gasteiger charge is 2.33. The Morgan fingerprint density at radius 2 is 2.06 bits per heavy atom. The molecule has 1 atom stereocenters. The number of nitrogens with zero attached hydrogens (tertiary/aromatic N) is 1. The molecule has 0 aromatic carbocycles. The third-order valence-corrected chi connectivity index (χ3v) is 2.58. The molecule has 1 aliphatic rings. The highest BCUT2D eigenvalue weighted by Crippen LogP contribution is 2.26. The Bertz CT molecular complexity index is 328. The van der Waals surface area contributed by atoms with Gasteiger partial charge in [-0.05, 0) is 19.8 Å². The van der Waals surface area contributed by atoms with E-state index in [1.165, 1.54) is 11.8 Å². The Hall–Kier alpha value is -1.79. The lowest BCUT2D eigenvalue weighted by Crippen LogP contribution is -2.49. The number of carbonyl (C=O) groups excluding carboxylic acids is 2. The summed E-state index contributed by atoms with van der Waals surface area (Å²) in [4.78, 5) is 34.5. The van der Waals surface area contributed by atoms with E-state index in [1.807, 2.05) is 0 Å². The minimum absolute atomic E-state index is 0.0921. The van der Waals surface area contributed by atoms with Gasteiger partial charge in [0.05, 0.1) is 6.42 Å². The van der Waals surface area contributed by atoms with Gasteiger partial charge in [0, 0.05) is 12.6 Å². The van der Waals surface area contributed by atoms with E-state index in [-0.39, 0.29) is 19.0 Å². The lowest BCUT2D eigenvalue weighted by atomic mass is 10.3. The summed E-state index contributed by atoms with van der Waals surface area (Å²) in [6.07, 6.45) is 1.64. The average Bonchev–Trinajstić information content (AvgIpc) is 3.01. The first-order valence-corrected chi connectivity index (χ1v) is 5.50. The first-order valence-electron chi connectivity index (χ1n) is 5.50. The fraction of sp³-hybridized carbons (Fsp3) is 0.700. The second-order valence-electron chi connectivity index (χ2n) is 4.14. The lowest BCUT2D eigenvalue weighted by Gasteiger charge is -2.23. The molecule has 0 spiro atoms. The summed E-state index contributed by atoms with van der Waals surface area (Å²) in [6.45, 7) is 1.64. The Morgan fingerprint density at radius 1 is 1.47 bits per heavy atom. The fourth-order valence-corrected chi connectivity index (χ4v) is 1.39. The van der Waals surface area contributed by atoms with E-state index in [0.29, 0.717) is 0 Å². The van der Waals surface area contributed by atoms with Crippen LogP contribution in [0.1, 0.15) is 26.2 Å². The summed E-state index contributed by atoms with van der Waals surface area (Å²) in [6, 6.07) is -1.09. The van der Waals surface area contributed by atoms with E-state index < -0.39 is 23.9 Å². The first-order chi connectivity index (χ1) is 7.91. The van der Waals surface area contributed by atoms with Gasteiger partial charge in [0.25, 0.3) is 0 Å². The summed E-state index contributed by atoms with van der Waals surface area (Å²) < 4.78 is 0. The van der Waals surface area contributed by atoms with Gasteiger partial charge in [0.15, 0.2) is 0 Å². The Kier molecular flexibility index (Phi) is 4.30. The van der Waals surface area contributed by atoms with Crippen LogP contribution in [0.4, 0.5) is 4.79 Å². The van der Waals surface area contributed by atoms with Gasteiger partial charge in [-0.2, -0.15) is 0 Å². The predicted octanol–water partition coefficient (Wildman–Crippen LogP) is -0.491. The molecule has 3 amide bonds. The van der Waals surface area contributed by atoms with Crippen molar-refractivity contribution in [2.45, 2.75) is 38.3 Å². The largest absolute Gasteiger partial charge is 0.481 e. The van der Waals surface area contributed by atoms with Crippen molar-refractivity contribution in [3.05, 3.63) is 0 Å². The summed E-state index contributed by atoms with van der Waals surface area (Å²) in [5.74, 6) is -1.57. The van der Waals surface area contributed by atoms with Crippen molar-refractivity contribution in [2.75, 3.05) is 6.54 Å². The number of hydrogen-bond donors (Lipinski definition) is 3. The van der Waals surface area contributed by atoms with Crippen LogP contribution in [-0.2, 0) is 9.59 Å². The van der Waals surface area contributed by atoms with Crippen molar-refractivity contribution in [2.24, 2.45) is 5.73 Å². The zero-order valence-electron chi connectivity index (χ0n) is 9.68. The maximum absolute atomic E-state index is 11.8. The van der Waals surface area contributed by atoms with Crippen LogP contribution in [0.25, 0.3) is 0 Å². The minimum atomic E-state index is -0.952. The molecule has 1 saturated carbocycles. The summed E-state index contributed by atoms with van der Waals surface area (Å²) in [5, 5.41) is 11.0. The van der Waals surface area contributed by atoms with Crippen molar-refractivity contribution >= 4 is 17.9 Å². The summed E-state index contributed by atoms with van der Waals surface area (Å²) in [5.41, 5.74) is 5.03. The zero-order chi connectivity index (χ0) is 13.0. The molecule has 0 heterocycles. The van der Waals surface area contributed by atoms with E-state index in [9.17, 15) is 14.4 Å². The van der Waals surface area contributed by atoms with Gasteiger partial charge in [-0.3, -0.25) is 9.59 Å². The average molecular weight is 243 g/mol. The fourth-order valence-electron chi connectivity index (χ4n) is 1.39. The molecule has 0 bridgehead atoms. The summed E-state index contributed by atoms with van der Waals surface area (Å²) >= 11 is 0. The number of urea groups is 1. The van der Waals surface area contributed by atoms with Gasteiger partial charge in [0.2, 0.25) is 5.91 Å². The van der Waals surface area contributed by atoms with Crippen LogP contribution >= 0.6 is 0 Å². The number of carbonyl (C=O) groups is 3. The van der Waals surface area contributed by atoms with Crippen LogP contribution in [0.3, 0.4) is 0 Å². The maximum Gasteiger partial charge on any atom is 0.318 e. The molecule has 1 unspecified atom stereocenters. The predicted molar refractivity (Wildman–Crippen MR) is 59.2 cm³/mol. The van der Waals surface area contributed by atoms with Crippen LogP contribution in [0.15, 0.2) is 0 Å². The van der Waals surface area contributed by atoms with E-state index in [1.54, 1.807) is 0 Å². The third kappa shape index (κ3) is 4.29. The van der Waals surface area contributed by atoms with Crippen LogP contribution in [0, 0.1) is 0 Å². The number of carboxylic acids is 1. The second-order valence-corrected chi connectivity index (χ2v) is 4.14. The highest BCUT2D eigenvalue weighted by atomic mass is 16.4. The van der Waals surface area contributed by atoms with Crippen LogP contribution < -0.4 is 11.1 Å². The van der Waals surface area contributed by atoms with Gasteiger partial charge in [0.1, 0.15) is 6.04 Å². The molecule has 0 aromatic heterocycles. The molecule has 0 aromatic rings. The SMILES string of the molecule is CC(NC(=O)N(CCC(=O)O)C1CC1)C(N)=O. The number of nitrogens with one attached hydrogen (secondary N) is 1. The van der Waals surface area contributed by atoms with Crippen molar-refractivity contribution in [1.82, 2.24) is 10.2 Å². The smallest absolute Gasteiger partial charge is 0.318 e. The van der Waals surface area contributed by atoms with E-state index >= 15 is 0 Å². The standard InChI is InChI=1S/C10H17N3O4/c1-6(9(11)16)12-10(17)13(7-2-3-7)5-4-8(14)15/h6-7H,2-5H2,1H3,(H2,11,16)(H,12,17)(H,14,15). The maximum atomic E-state index is 11.8. The molecule has 1 fully saturated rings. The second kappa shape index (κ2) is 5.51. The van der Waals surface area contributed by atoms with E-state index in [2.05, 4.69) is 5.32 Å². The van der Waals surface area contributed by atoms with Crippen molar-refractivity contribution in [3.63, 3.8) is 0 Å². The normalized spacial score (nSPS) is 16.1. The molecular formula is C10H17N3O4. The Labute approximate surface area is 98.9 Å². The number of primary amides is 1. The van der Waals surface area contributed by atoms with Crippen molar-refractivity contribution in [1.29, 1.82) is 0 Å². The third-order valence-electron chi connectivity index (χ3n) is 2.58. The number of aliphatic carboxylic acids is 1. The Balaban J connectivity index is 2.49. The quantitative estimate of drug-likeness (QED) is 0.584. The molecule has 0 radical (unpaired) electrons. The number of hydrogen-bond acceptors (Lipinski definition) is 3. The zero-order valence-corrected chi connectivity index (χ0v) is 9.68. The molecule has 96 valence electrons. The minimum Gasteiger partial charge on any atom is -0.481 e. The monoisotopic (exact) mass is 243 g/mol. The van der Waals surface area contributed by atoms with Gasteiger partial charge < -0.3 is 21.1 Å².